The van der Waals surface area contributed by atoms with E-state index in [1.807, 2.05) is 0 Å². The summed E-state index contributed by atoms with van der Waals surface area (Å²) < 4.78 is 0. The van der Waals surface area contributed by atoms with Crippen molar-refractivity contribution in [3.63, 3.8) is 0 Å². The first kappa shape index (κ1) is 12.2. The number of hydrogen-bond donors (Lipinski definition) is 3. The van der Waals surface area contributed by atoms with E-state index in [0.29, 0.717) is 0 Å². The van der Waals surface area contributed by atoms with Gasteiger partial charge in [0, 0.05) is 0 Å². The van der Waals surface area contributed by atoms with Gasteiger partial charge in [-0.25, -0.2) is 0 Å². The summed E-state index contributed by atoms with van der Waals surface area (Å²) in [6, 6.07) is 0. The summed E-state index contributed by atoms with van der Waals surface area (Å²) in [6.07, 6.45) is 0. The van der Waals surface area contributed by atoms with Gasteiger partial charge in [-0.1, -0.05) is 0 Å². The smallest absolute Gasteiger partial charge is 1.00 e. The van der Waals surface area contributed by atoms with Crippen molar-refractivity contribution in [1.82, 2.24) is 5.32 Å². The molecule has 0 heterocycles. The minimum absolute atomic E-state index is 0. The fraction of sp³-hybridized carbons (Fsp3) is 0.500. The predicted octanol–water partition coefficient (Wildman–Crippen LogP) is -4.14. The topological polar surface area (TPSA) is 86.6 Å². The Morgan fingerprint density at radius 2 is 1.50 bits per heavy atom. The largest absolute Gasteiger partial charge is 1.00 e. The normalized spacial score (nSPS) is 8.00. The third kappa shape index (κ3) is 10.5. The van der Waals surface area contributed by atoms with Crippen molar-refractivity contribution in [2.24, 2.45) is 0 Å². The zero-order valence-corrected chi connectivity index (χ0v) is 5.63. The van der Waals surface area contributed by atoms with Crippen LogP contribution in [0.15, 0.2) is 0 Å². The van der Waals surface area contributed by atoms with Gasteiger partial charge in [-0.15, -0.1) is 0 Å². The van der Waals surface area contributed by atoms with E-state index in [1.165, 1.54) is 0 Å². The van der Waals surface area contributed by atoms with Crippen LogP contribution in [0.2, 0.25) is 0 Å². The van der Waals surface area contributed by atoms with E-state index >= 15 is 0 Å². The fourth-order valence-electron chi connectivity index (χ4n) is 0.276. The number of aliphatic carboxylic acids is 2. The second kappa shape index (κ2) is 6.62. The van der Waals surface area contributed by atoms with Crippen LogP contribution in [0.5, 0.6) is 0 Å². The Hall–Kier alpha value is -0.503. The van der Waals surface area contributed by atoms with E-state index in [0.717, 1.165) is 0 Å². The number of carbonyl (C=O) groups is 2. The van der Waals surface area contributed by atoms with Crippen LogP contribution >= 0.6 is 0 Å². The second-order valence-electron chi connectivity index (χ2n) is 1.39. The first-order valence-corrected chi connectivity index (χ1v) is 2.27. The van der Waals surface area contributed by atoms with Crippen LogP contribution in [-0.4, -0.2) is 35.2 Å². The van der Waals surface area contributed by atoms with Gasteiger partial charge in [0.25, 0.3) is 0 Å². The van der Waals surface area contributed by atoms with Crippen molar-refractivity contribution in [2.45, 2.75) is 0 Å². The minimum atomic E-state index is -1.06. The van der Waals surface area contributed by atoms with E-state index in [4.69, 9.17) is 10.2 Å². The van der Waals surface area contributed by atoms with E-state index in [9.17, 15) is 9.59 Å². The maximum absolute atomic E-state index is 9.73. The fourth-order valence-corrected chi connectivity index (χ4v) is 0.276. The van der Waals surface area contributed by atoms with E-state index in [2.05, 4.69) is 5.32 Å². The summed E-state index contributed by atoms with van der Waals surface area (Å²) in [6.45, 7) is -0.626. The molecule has 0 spiro atoms. The van der Waals surface area contributed by atoms with Crippen LogP contribution in [0.25, 0.3) is 0 Å². The third-order valence-corrected chi connectivity index (χ3v) is 0.552. The SMILES string of the molecule is O=C(O)CNCC(=O)O.[H-].[Li+]. The Labute approximate surface area is 71.1 Å². The molecule has 0 aromatic heterocycles. The molecule has 0 atom stereocenters. The summed E-state index contributed by atoms with van der Waals surface area (Å²) >= 11 is 0. The molecule has 0 radical (unpaired) electrons. The first-order chi connectivity index (χ1) is 4.13. The van der Waals surface area contributed by atoms with Crippen molar-refractivity contribution >= 4 is 11.9 Å². The van der Waals surface area contributed by atoms with Crippen molar-refractivity contribution in [3.05, 3.63) is 0 Å². The molecular formula is C4H8LiNO4. The summed E-state index contributed by atoms with van der Waals surface area (Å²) in [5.74, 6) is -2.12. The molecule has 0 aliphatic heterocycles. The third-order valence-electron chi connectivity index (χ3n) is 0.552. The van der Waals surface area contributed by atoms with Gasteiger partial charge < -0.3 is 11.6 Å². The van der Waals surface area contributed by atoms with Gasteiger partial charge in [0.05, 0.1) is 13.1 Å². The molecule has 5 nitrogen and oxygen atoms in total. The minimum Gasteiger partial charge on any atom is -1.00 e. The van der Waals surface area contributed by atoms with Gasteiger partial charge in [-0.2, -0.15) is 0 Å². The van der Waals surface area contributed by atoms with Gasteiger partial charge >= 0.3 is 30.8 Å². The second-order valence-corrected chi connectivity index (χ2v) is 1.39. The van der Waals surface area contributed by atoms with Crippen molar-refractivity contribution in [2.75, 3.05) is 13.1 Å². The number of nitrogens with one attached hydrogen (secondary N) is 1. The molecule has 54 valence electrons. The standard InChI is InChI=1S/C4H7NO4.Li.H/c6-3(7)1-5-2-4(8)9;;/h5H,1-2H2,(H,6,7)(H,8,9);;/q;+1;-1. The number of rotatable bonds is 4. The van der Waals surface area contributed by atoms with Crippen LogP contribution in [0, 0.1) is 0 Å². The quantitative estimate of drug-likeness (QED) is 0.346. The van der Waals surface area contributed by atoms with Gasteiger partial charge in [0.2, 0.25) is 0 Å². The Morgan fingerprint density at radius 3 is 1.70 bits per heavy atom. The zero-order chi connectivity index (χ0) is 7.28. The van der Waals surface area contributed by atoms with Crippen LogP contribution in [0.4, 0.5) is 0 Å². The van der Waals surface area contributed by atoms with Gasteiger partial charge in [0.15, 0.2) is 0 Å². The molecular weight excluding hydrogens is 133 g/mol. The Bertz CT molecular complexity index is 117. The molecule has 0 aromatic rings. The summed E-state index contributed by atoms with van der Waals surface area (Å²) in [7, 11) is 0. The Kier molecular flexibility index (Phi) is 8.07. The molecule has 0 aromatic carbocycles. The summed E-state index contributed by atoms with van der Waals surface area (Å²) in [5, 5.41) is 18.1. The molecule has 0 rings (SSSR count). The van der Waals surface area contributed by atoms with E-state index in [-0.39, 0.29) is 33.4 Å². The molecule has 0 aliphatic rings. The molecule has 6 heteroatoms. The summed E-state index contributed by atoms with van der Waals surface area (Å²) in [4.78, 5) is 19.5. The monoisotopic (exact) mass is 141 g/mol. The maximum Gasteiger partial charge on any atom is 1.00 e. The molecule has 0 bridgehead atoms. The molecule has 0 fully saturated rings. The average Bonchev–Trinajstić information content (AvgIpc) is 1.63. The molecule has 3 N–H and O–H groups in total. The van der Waals surface area contributed by atoms with Gasteiger partial charge in [0.1, 0.15) is 0 Å². The molecule has 0 aliphatic carbocycles. The molecule has 10 heavy (non-hydrogen) atoms. The first-order valence-electron chi connectivity index (χ1n) is 2.27. The zero-order valence-electron chi connectivity index (χ0n) is 6.63. The molecule has 0 saturated carbocycles. The van der Waals surface area contributed by atoms with E-state index in [1.54, 1.807) is 0 Å². The predicted molar refractivity (Wildman–Crippen MR) is 29.3 cm³/mol. The molecule has 0 unspecified atom stereocenters. The van der Waals surface area contributed by atoms with Crippen LogP contribution in [0.1, 0.15) is 1.43 Å². The number of carboxylic acid groups (broad SMARTS) is 2. The molecule has 0 saturated heterocycles. The number of hydrogen-bond acceptors (Lipinski definition) is 3. The van der Waals surface area contributed by atoms with Crippen molar-refractivity contribution in [1.29, 1.82) is 0 Å². The van der Waals surface area contributed by atoms with Crippen LogP contribution < -0.4 is 24.2 Å². The molecule has 0 amide bonds. The van der Waals surface area contributed by atoms with Gasteiger partial charge in [-0.3, -0.25) is 14.9 Å². The average molecular weight is 141 g/mol. The van der Waals surface area contributed by atoms with Crippen LogP contribution in [0.3, 0.4) is 0 Å². The number of carboxylic acids is 2. The Morgan fingerprint density at radius 1 is 1.20 bits per heavy atom. The van der Waals surface area contributed by atoms with E-state index < -0.39 is 11.9 Å². The van der Waals surface area contributed by atoms with Gasteiger partial charge in [-0.05, 0) is 0 Å². The van der Waals surface area contributed by atoms with Crippen molar-refractivity contribution < 1.29 is 40.1 Å². The van der Waals surface area contributed by atoms with Crippen LogP contribution in [-0.2, 0) is 9.59 Å². The summed E-state index contributed by atoms with van der Waals surface area (Å²) in [5.41, 5.74) is 0. The maximum atomic E-state index is 9.73. The van der Waals surface area contributed by atoms with Crippen molar-refractivity contribution in [3.8, 4) is 0 Å². The Balaban J connectivity index is -0.000000320.